The Bertz CT molecular complexity index is 1300. The van der Waals surface area contributed by atoms with Gasteiger partial charge in [0.2, 0.25) is 6.79 Å². The van der Waals surface area contributed by atoms with E-state index in [2.05, 4.69) is 0 Å². The molecule has 2 aliphatic rings. The van der Waals surface area contributed by atoms with Gasteiger partial charge in [0.15, 0.2) is 21.3 Å². The van der Waals surface area contributed by atoms with Crippen molar-refractivity contribution in [2.24, 2.45) is 0 Å². The molecule has 0 amide bonds. The van der Waals surface area contributed by atoms with E-state index >= 15 is 0 Å². The monoisotopic (exact) mass is 436 g/mol. The average molecular weight is 437 g/mol. The highest BCUT2D eigenvalue weighted by Gasteiger charge is 2.50. The quantitative estimate of drug-likeness (QED) is 0.566. The lowest BCUT2D eigenvalue weighted by atomic mass is 9.87. The first-order valence-corrected chi connectivity index (χ1v) is 12.1. The number of carbonyl (C=O) groups is 1. The third kappa shape index (κ3) is 3.72. The Hall–Kier alpha value is -3.12. The molecule has 5 rings (SSSR count). The van der Waals surface area contributed by atoms with Crippen LogP contribution in [0.4, 0.5) is 0 Å². The topological polar surface area (TPSA) is 69.7 Å². The van der Waals surface area contributed by atoms with E-state index in [0.717, 1.165) is 40.8 Å². The van der Waals surface area contributed by atoms with Crippen LogP contribution in [-0.4, -0.2) is 27.2 Å². The molecule has 1 aliphatic carbocycles. The normalized spacial score (nSPS) is 16.2. The molecular formula is C25H24O5S. The number of fused-ring (bicyclic) bond motifs is 1. The summed E-state index contributed by atoms with van der Waals surface area (Å²) in [7, 11) is -3.28. The summed E-state index contributed by atoms with van der Waals surface area (Å²) in [4.78, 5) is 13.6. The van der Waals surface area contributed by atoms with Gasteiger partial charge < -0.3 is 9.47 Å². The number of benzene rings is 3. The summed E-state index contributed by atoms with van der Waals surface area (Å²) in [5.41, 5.74) is 3.16. The molecule has 0 N–H and O–H groups in total. The zero-order valence-corrected chi connectivity index (χ0v) is 17.9. The van der Waals surface area contributed by atoms with E-state index in [4.69, 9.17) is 9.47 Å². The van der Waals surface area contributed by atoms with Crippen LogP contribution in [0.3, 0.4) is 0 Å². The van der Waals surface area contributed by atoms with Crippen molar-refractivity contribution < 1.29 is 24.1 Å². The van der Waals surface area contributed by atoms with Crippen LogP contribution in [0.2, 0.25) is 0 Å². The molecule has 5 nitrogen and oxygen atoms in total. The maximum absolute atomic E-state index is 13.3. The minimum atomic E-state index is -3.28. The molecule has 1 heterocycles. The number of Topliss-reactive ketones (excluding diaryl/α,β-unsaturated/α-hetero) is 1. The van der Waals surface area contributed by atoms with Crippen molar-refractivity contribution >= 4 is 15.6 Å². The number of rotatable bonds is 6. The van der Waals surface area contributed by atoms with Gasteiger partial charge in [-0.25, -0.2) is 8.42 Å². The highest BCUT2D eigenvalue weighted by Crippen LogP contribution is 2.51. The Kier molecular flexibility index (Phi) is 4.63. The second-order valence-corrected chi connectivity index (χ2v) is 10.3. The van der Waals surface area contributed by atoms with E-state index in [9.17, 15) is 13.2 Å². The van der Waals surface area contributed by atoms with Gasteiger partial charge in [0.25, 0.3) is 0 Å². The molecule has 0 atom stereocenters. The van der Waals surface area contributed by atoms with E-state index in [1.807, 2.05) is 48.5 Å². The van der Waals surface area contributed by atoms with Crippen LogP contribution in [0.1, 0.15) is 25.4 Å². The van der Waals surface area contributed by atoms with Crippen molar-refractivity contribution in [3.63, 3.8) is 0 Å². The maximum atomic E-state index is 13.3. The fourth-order valence-corrected chi connectivity index (χ4v) is 4.84. The summed E-state index contributed by atoms with van der Waals surface area (Å²) in [6.45, 7) is 0.215. The van der Waals surface area contributed by atoms with Crippen LogP contribution >= 0.6 is 0 Å². The Labute approximate surface area is 183 Å². The molecular weight excluding hydrogens is 412 g/mol. The van der Waals surface area contributed by atoms with Gasteiger partial charge in [-0.15, -0.1) is 0 Å². The highest BCUT2D eigenvalue weighted by atomic mass is 32.2. The van der Waals surface area contributed by atoms with Crippen molar-refractivity contribution in [2.75, 3.05) is 13.0 Å². The smallest absolute Gasteiger partial charge is 0.231 e. The Balaban J connectivity index is 0.00000245. The molecule has 31 heavy (non-hydrogen) atoms. The molecule has 0 spiro atoms. The van der Waals surface area contributed by atoms with Gasteiger partial charge in [-0.2, -0.15) is 0 Å². The van der Waals surface area contributed by atoms with Crippen LogP contribution in [0, 0.1) is 0 Å². The van der Waals surface area contributed by atoms with E-state index in [1.165, 1.54) is 6.26 Å². The summed E-state index contributed by atoms with van der Waals surface area (Å²) >= 11 is 0. The van der Waals surface area contributed by atoms with Crippen LogP contribution in [0.25, 0.3) is 11.1 Å². The maximum Gasteiger partial charge on any atom is 0.231 e. The second-order valence-electron chi connectivity index (χ2n) is 8.25. The number of carbonyl (C=O) groups excluding carboxylic acids is 1. The SMILES string of the molecule is CS(=O)(=O)c1cccc(-c2cccc(CC(=O)C3(c4ccc5c(c4)OCO5)CC3)c2)c1.[HH]. The third-order valence-electron chi connectivity index (χ3n) is 6.10. The Morgan fingerprint density at radius 3 is 2.39 bits per heavy atom. The molecule has 3 aromatic rings. The lowest BCUT2D eigenvalue weighted by molar-refractivity contribution is -0.120. The predicted molar refractivity (Wildman–Crippen MR) is 119 cm³/mol. The number of sulfone groups is 1. The zero-order valence-electron chi connectivity index (χ0n) is 17.1. The molecule has 1 aliphatic heterocycles. The van der Waals surface area contributed by atoms with Crippen molar-refractivity contribution in [1.82, 2.24) is 0 Å². The largest absolute Gasteiger partial charge is 0.454 e. The van der Waals surface area contributed by atoms with Crippen molar-refractivity contribution in [3.05, 3.63) is 77.9 Å². The average Bonchev–Trinajstić information content (AvgIpc) is 3.44. The van der Waals surface area contributed by atoms with Crippen molar-refractivity contribution in [1.29, 1.82) is 0 Å². The predicted octanol–water partition coefficient (Wildman–Crippen LogP) is 4.58. The van der Waals surface area contributed by atoms with E-state index < -0.39 is 15.3 Å². The first kappa shape index (κ1) is 19.8. The van der Waals surface area contributed by atoms with Gasteiger partial charge in [0.1, 0.15) is 5.78 Å². The lowest BCUT2D eigenvalue weighted by Crippen LogP contribution is -2.22. The second kappa shape index (κ2) is 7.24. The molecule has 0 unspecified atom stereocenters. The fourth-order valence-electron chi connectivity index (χ4n) is 4.17. The van der Waals surface area contributed by atoms with Crippen molar-refractivity contribution in [2.45, 2.75) is 29.6 Å². The third-order valence-corrected chi connectivity index (χ3v) is 7.21. The molecule has 160 valence electrons. The van der Waals surface area contributed by atoms with E-state index in [1.54, 1.807) is 18.2 Å². The molecule has 0 radical (unpaired) electrons. The van der Waals surface area contributed by atoms with Gasteiger partial charge in [0, 0.05) is 14.1 Å². The van der Waals surface area contributed by atoms with Crippen LogP contribution < -0.4 is 9.47 Å². The van der Waals surface area contributed by atoms with Gasteiger partial charge in [-0.1, -0.05) is 42.5 Å². The van der Waals surface area contributed by atoms with Gasteiger partial charge in [0.05, 0.1) is 10.3 Å². The van der Waals surface area contributed by atoms with E-state index in [-0.39, 0.29) is 18.9 Å². The first-order valence-electron chi connectivity index (χ1n) is 10.2. The molecule has 3 aromatic carbocycles. The summed E-state index contributed by atoms with van der Waals surface area (Å²) in [5.74, 6) is 1.61. The Morgan fingerprint density at radius 2 is 1.65 bits per heavy atom. The Morgan fingerprint density at radius 1 is 0.935 bits per heavy atom. The zero-order chi connectivity index (χ0) is 21.6. The van der Waals surface area contributed by atoms with Gasteiger partial charge >= 0.3 is 0 Å². The minimum Gasteiger partial charge on any atom is -0.454 e. The van der Waals surface area contributed by atoms with E-state index in [0.29, 0.717) is 12.2 Å². The number of ether oxygens (including phenoxy) is 2. The molecule has 0 saturated heterocycles. The van der Waals surface area contributed by atoms with Crippen LogP contribution in [0.15, 0.2) is 71.6 Å². The lowest BCUT2D eigenvalue weighted by Gasteiger charge is -2.16. The number of hydrogen-bond acceptors (Lipinski definition) is 5. The molecule has 6 heteroatoms. The summed E-state index contributed by atoms with van der Waals surface area (Å²) < 4.78 is 34.6. The molecule has 0 aromatic heterocycles. The minimum absolute atomic E-state index is 0. The first-order chi connectivity index (χ1) is 14.8. The van der Waals surface area contributed by atoms with Crippen LogP contribution in [0.5, 0.6) is 11.5 Å². The fraction of sp³-hybridized carbons (Fsp3) is 0.240. The number of ketones is 1. The summed E-state index contributed by atoms with van der Waals surface area (Å²) in [5, 5.41) is 0. The van der Waals surface area contributed by atoms with Crippen molar-refractivity contribution in [3.8, 4) is 22.6 Å². The molecule has 0 bridgehead atoms. The number of hydrogen-bond donors (Lipinski definition) is 0. The van der Waals surface area contributed by atoms with Crippen LogP contribution in [-0.2, 0) is 26.5 Å². The molecule has 1 saturated carbocycles. The standard InChI is InChI=1S/C25H22O5S.H2/c1-31(27,28)21-7-3-6-19(14-21)18-5-2-4-17(12-18)13-24(26)25(10-11-25)20-8-9-22-23(15-20)30-16-29-22;/h2-9,12,14-15H,10-11,13,16H2,1H3;1H. The summed E-state index contributed by atoms with van der Waals surface area (Å²) in [6.07, 6.45) is 3.20. The highest BCUT2D eigenvalue weighted by molar-refractivity contribution is 7.90. The molecule has 1 fully saturated rings. The van der Waals surface area contributed by atoms with Gasteiger partial charge in [-0.05, 0) is 59.4 Å². The van der Waals surface area contributed by atoms with Gasteiger partial charge in [-0.3, -0.25) is 4.79 Å². The summed E-state index contributed by atoms with van der Waals surface area (Å²) in [6, 6.07) is 20.4.